The standard InChI is InChI=1S/C20H25N5O2S2/c1-11(2)25-17(7-8-21-25)22-18(26)13(4)28-20-24-23-19(27-20)16-10-14-9-12(3)5-6-15(14)29-16/h7-8,10-13H,5-6,9H2,1-4H3,(H,22,26). The van der Waals surface area contributed by atoms with Gasteiger partial charge in [-0.1, -0.05) is 18.7 Å². The number of aromatic nitrogens is 4. The van der Waals surface area contributed by atoms with Gasteiger partial charge in [0.05, 0.1) is 16.3 Å². The van der Waals surface area contributed by atoms with E-state index in [0.29, 0.717) is 16.9 Å². The van der Waals surface area contributed by atoms with E-state index in [1.54, 1.807) is 28.3 Å². The molecule has 9 heteroatoms. The highest BCUT2D eigenvalue weighted by Crippen LogP contribution is 2.37. The molecule has 0 spiro atoms. The highest BCUT2D eigenvalue weighted by Gasteiger charge is 2.23. The summed E-state index contributed by atoms with van der Waals surface area (Å²) >= 11 is 3.00. The number of aryl methyl sites for hydroxylation is 1. The molecule has 0 fully saturated rings. The van der Waals surface area contributed by atoms with Gasteiger partial charge in [-0.3, -0.25) is 4.79 Å². The van der Waals surface area contributed by atoms with Gasteiger partial charge in [-0.2, -0.15) is 5.10 Å². The third-order valence-corrected chi connectivity index (χ3v) is 7.16. The van der Waals surface area contributed by atoms with Gasteiger partial charge >= 0.3 is 0 Å². The Morgan fingerprint density at radius 1 is 1.38 bits per heavy atom. The molecule has 3 heterocycles. The highest BCUT2D eigenvalue weighted by atomic mass is 32.2. The molecule has 1 aliphatic rings. The summed E-state index contributed by atoms with van der Waals surface area (Å²) in [5, 5.41) is 15.5. The first-order chi connectivity index (χ1) is 13.9. The molecule has 2 atom stereocenters. The van der Waals surface area contributed by atoms with Crippen LogP contribution in [0, 0.1) is 5.92 Å². The molecule has 3 aromatic heterocycles. The molecule has 2 unspecified atom stereocenters. The first-order valence-electron chi connectivity index (χ1n) is 9.87. The SMILES string of the molecule is CC1CCc2sc(-c3nnc(SC(C)C(=O)Nc4ccnn4C(C)C)o3)cc2C1. The molecule has 1 aliphatic carbocycles. The van der Waals surface area contributed by atoms with Crippen LogP contribution >= 0.6 is 23.1 Å². The van der Waals surface area contributed by atoms with Crippen LogP contribution in [-0.2, 0) is 17.6 Å². The quantitative estimate of drug-likeness (QED) is 0.563. The molecule has 29 heavy (non-hydrogen) atoms. The second-order valence-electron chi connectivity index (χ2n) is 7.78. The van der Waals surface area contributed by atoms with Crippen molar-refractivity contribution in [1.29, 1.82) is 0 Å². The van der Waals surface area contributed by atoms with E-state index in [-0.39, 0.29) is 17.2 Å². The Balaban J connectivity index is 1.41. The highest BCUT2D eigenvalue weighted by molar-refractivity contribution is 8.00. The van der Waals surface area contributed by atoms with E-state index >= 15 is 0 Å². The van der Waals surface area contributed by atoms with E-state index < -0.39 is 0 Å². The molecule has 0 saturated carbocycles. The van der Waals surface area contributed by atoms with E-state index in [9.17, 15) is 4.79 Å². The monoisotopic (exact) mass is 431 g/mol. The maximum absolute atomic E-state index is 12.6. The smallest absolute Gasteiger partial charge is 0.277 e. The number of thiophene rings is 1. The van der Waals surface area contributed by atoms with Crippen molar-refractivity contribution in [3.63, 3.8) is 0 Å². The number of nitrogens with zero attached hydrogens (tertiary/aromatic N) is 4. The number of fused-ring (bicyclic) bond motifs is 1. The van der Waals surface area contributed by atoms with Crippen LogP contribution in [-0.4, -0.2) is 31.1 Å². The van der Waals surface area contributed by atoms with Gasteiger partial charge in [0.1, 0.15) is 5.82 Å². The Hall–Kier alpha value is -2.13. The molecule has 0 aromatic carbocycles. The first kappa shape index (κ1) is 20.2. The van der Waals surface area contributed by atoms with Crippen LogP contribution in [0.15, 0.2) is 28.0 Å². The van der Waals surface area contributed by atoms with Crippen molar-refractivity contribution < 1.29 is 9.21 Å². The van der Waals surface area contributed by atoms with Crippen molar-refractivity contribution in [3.05, 3.63) is 28.8 Å². The molecule has 3 aromatic rings. The van der Waals surface area contributed by atoms with Crippen molar-refractivity contribution in [1.82, 2.24) is 20.0 Å². The predicted molar refractivity (Wildman–Crippen MR) is 115 cm³/mol. The van der Waals surface area contributed by atoms with Crippen LogP contribution in [0.3, 0.4) is 0 Å². The molecule has 4 rings (SSSR count). The third-order valence-electron chi connectivity index (χ3n) is 5.00. The average Bonchev–Trinajstić information content (AvgIpc) is 3.39. The van der Waals surface area contributed by atoms with Gasteiger partial charge in [0.2, 0.25) is 5.91 Å². The van der Waals surface area contributed by atoms with E-state index in [1.807, 2.05) is 20.8 Å². The van der Waals surface area contributed by atoms with E-state index in [2.05, 4.69) is 33.6 Å². The minimum atomic E-state index is -0.379. The minimum Gasteiger partial charge on any atom is -0.410 e. The Morgan fingerprint density at radius 2 is 2.21 bits per heavy atom. The zero-order valence-corrected chi connectivity index (χ0v) is 18.6. The predicted octanol–water partition coefficient (Wildman–Crippen LogP) is 4.82. The maximum Gasteiger partial charge on any atom is 0.277 e. The molecule has 154 valence electrons. The first-order valence-corrected chi connectivity index (χ1v) is 11.6. The summed E-state index contributed by atoms with van der Waals surface area (Å²) in [5.41, 5.74) is 1.41. The van der Waals surface area contributed by atoms with Crippen LogP contribution in [0.25, 0.3) is 10.8 Å². The Bertz CT molecular complexity index is 1010. The second-order valence-corrected chi connectivity index (χ2v) is 10.2. The fraction of sp³-hybridized carbons (Fsp3) is 0.500. The number of carbonyl (C=O) groups is 1. The van der Waals surface area contributed by atoms with Crippen LogP contribution in [0.5, 0.6) is 0 Å². The second kappa shape index (κ2) is 8.31. The molecule has 0 bridgehead atoms. The van der Waals surface area contributed by atoms with Crippen molar-refractivity contribution in [2.75, 3.05) is 5.32 Å². The summed E-state index contributed by atoms with van der Waals surface area (Å²) in [6.45, 7) is 8.15. The van der Waals surface area contributed by atoms with Crippen LogP contribution in [0.4, 0.5) is 5.82 Å². The van der Waals surface area contributed by atoms with Gasteiger partial charge in [-0.15, -0.1) is 21.5 Å². The fourth-order valence-corrected chi connectivity index (χ4v) is 5.24. The largest absolute Gasteiger partial charge is 0.410 e. The number of carbonyl (C=O) groups excluding carboxylic acids is 1. The van der Waals surface area contributed by atoms with Crippen LogP contribution in [0.1, 0.15) is 50.6 Å². The number of amides is 1. The van der Waals surface area contributed by atoms with Gasteiger partial charge in [-0.05, 0) is 57.6 Å². The summed E-state index contributed by atoms with van der Waals surface area (Å²) in [4.78, 5) is 15.0. The summed E-state index contributed by atoms with van der Waals surface area (Å²) in [5.74, 6) is 1.81. The summed E-state index contributed by atoms with van der Waals surface area (Å²) in [7, 11) is 0. The number of anilines is 1. The lowest BCUT2D eigenvalue weighted by Crippen LogP contribution is -2.24. The summed E-state index contributed by atoms with van der Waals surface area (Å²) in [6, 6.07) is 4.14. The van der Waals surface area contributed by atoms with Gasteiger partial charge in [0.25, 0.3) is 11.1 Å². The average molecular weight is 432 g/mol. The van der Waals surface area contributed by atoms with Crippen molar-refractivity contribution in [2.45, 2.75) is 63.5 Å². The van der Waals surface area contributed by atoms with E-state index in [0.717, 1.165) is 23.6 Å². The lowest BCUT2D eigenvalue weighted by atomic mass is 9.90. The molecular weight excluding hydrogens is 406 g/mol. The number of nitrogens with one attached hydrogen (secondary N) is 1. The molecule has 0 aliphatic heterocycles. The molecule has 1 N–H and O–H groups in total. The minimum absolute atomic E-state index is 0.127. The number of hydrogen-bond donors (Lipinski definition) is 1. The van der Waals surface area contributed by atoms with E-state index in [4.69, 9.17) is 4.42 Å². The van der Waals surface area contributed by atoms with Gasteiger partial charge in [-0.25, -0.2) is 4.68 Å². The van der Waals surface area contributed by atoms with Crippen LogP contribution in [0.2, 0.25) is 0 Å². The molecule has 0 saturated heterocycles. The third kappa shape index (κ3) is 4.40. The van der Waals surface area contributed by atoms with Gasteiger partial charge < -0.3 is 9.73 Å². The Labute approximate surface area is 178 Å². The van der Waals surface area contributed by atoms with Gasteiger partial charge in [0.15, 0.2) is 0 Å². The van der Waals surface area contributed by atoms with Crippen LogP contribution < -0.4 is 5.32 Å². The number of hydrogen-bond acceptors (Lipinski definition) is 7. The zero-order chi connectivity index (χ0) is 20.5. The number of thioether (sulfide) groups is 1. The van der Waals surface area contributed by atoms with Crippen molar-refractivity contribution in [3.8, 4) is 10.8 Å². The number of rotatable bonds is 6. The lowest BCUT2D eigenvalue weighted by molar-refractivity contribution is -0.115. The van der Waals surface area contributed by atoms with Crippen molar-refractivity contribution in [2.24, 2.45) is 5.92 Å². The lowest BCUT2D eigenvalue weighted by Gasteiger charge is -2.16. The summed E-state index contributed by atoms with van der Waals surface area (Å²) in [6.07, 6.45) is 5.16. The molecule has 0 radical (unpaired) electrons. The van der Waals surface area contributed by atoms with Crippen molar-refractivity contribution >= 4 is 34.8 Å². The molecular formula is C20H25N5O2S2. The molecule has 1 amide bonds. The normalized spacial score (nSPS) is 17.3. The Kier molecular flexibility index (Phi) is 5.78. The Morgan fingerprint density at radius 3 is 3.00 bits per heavy atom. The van der Waals surface area contributed by atoms with E-state index in [1.165, 1.54) is 28.6 Å². The van der Waals surface area contributed by atoms with Gasteiger partial charge in [0, 0.05) is 17.0 Å². The zero-order valence-electron chi connectivity index (χ0n) is 17.0. The topological polar surface area (TPSA) is 85.8 Å². The maximum atomic E-state index is 12.6. The fourth-order valence-electron chi connectivity index (χ4n) is 3.43. The summed E-state index contributed by atoms with van der Waals surface area (Å²) < 4.78 is 7.62. The molecule has 7 nitrogen and oxygen atoms in total.